The Balaban J connectivity index is 2.15. The molecule has 0 radical (unpaired) electrons. The fraction of sp³-hybridized carbons (Fsp3) is 0.250. The molecule has 0 aliphatic carbocycles. The molecule has 0 saturated carbocycles. The number of rotatable bonds is 2. The lowest BCUT2D eigenvalue weighted by Gasteiger charge is -2.11. The lowest BCUT2D eigenvalue weighted by molar-refractivity contribution is 1.10. The zero-order chi connectivity index (χ0) is 15.1. The Kier molecular flexibility index (Phi) is 3.71. The number of halogens is 1. The minimum atomic E-state index is 0.787. The maximum atomic E-state index is 4.60. The average molecular weight is 362 g/mol. The average Bonchev–Trinajstić information content (AvgIpc) is 2.68. The Morgan fingerprint density at radius 1 is 1.10 bits per heavy atom. The van der Waals surface area contributed by atoms with Gasteiger partial charge in [0.25, 0.3) is 0 Å². The molecular formula is C16H16BrN3S. The first kappa shape index (κ1) is 14.5. The molecule has 21 heavy (non-hydrogen) atoms. The van der Waals surface area contributed by atoms with E-state index in [1.165, 1.54) is 16.0 Å². The van der Waals surface area contributed by atoms with Gasteiger partial charge in [-0.2, -0.15) is 0 Å². The van der Waals surface area contributed by atoms with Gasteiger partial charge in [-0.05, 0) is 66.9 Å². The van der Waals surface area contributed by atoms with Gasteiger partial charge < -0.3 is 5.32 Å². The highest BCUT2D eigenvalue weighted by Gasteiger charge is 2.14. The molecule has 0 aliphatic heterocycles. The highest BCUT2D eigenvalue weighted by molar-refractivity contribution is 9.10. The van der Waals surface area contributed by atoms with Gasteiger partial charge in [-0.1, -0.05) is 6.07 Å². The fourth-order valence-electron chi connectivity index (χ4n) is 2.30. The Morgan fingerprint density at radius 2 is 1.86 bits per heavy atom. The molecule has 0 amide bonds. The van der Waals surface area contributed by atoms with Gasteiger partial charge in [0.1, 0.15) is 16.5 Å². The van der Waals surface area contributed by atoms with Gasteiger partial charge in [0.2, 0.25) is 0 Å². The smallest absolute Gasteiger partial charge is 0.143 e. The first-order chi connectivity index (χ1) is 9.95. The number of nitrogens with zero attached hydrogens (tertiary/aromatic N) is 2. The number of hydrogen-bond donors (Lipinski definition) is 1. The van der Waals surface area contributed by atoms with Crippen LogP contribution in [-0.2, 0) is 0 Å². The van der Waals surface area contributed by atoms with Crippen LogP contribution in [0.2, 0.25) is 0 Å². The summed E-state index contributed by atoms with van der Waals surface area (Å²) in [6.07, 6.45) is 0. The van der Waals surface area contributed by atoms with Crippen molar-refractivity contribution in [2.45, 2.75) is 27.7 Å². The predicted octanol–water partition coefficient (Wildman–Crippen LogP) is 5.43. The maximum Gasteiger partial charge on any atom is 0.143 e. The molecule has 0 bridgehead atoms. The topological polar surface area (TPSA) is 37.8 Å². The summed E-state index contributed by atoms with van der Waals surface area (Å²) >= 11 is 5.33. The van der Waals surface area contributed by atoms with Crippen LogP contribution in [0.5, 0.6) is 0 Å². The molecule has 0 atom stereocenters. The van der Waals surface area contributed by atoms with Crippen molar-refractivity contribution in [2.75, 3.05) is 5.32 Å². The third-order valence-electron chi connectivity index (χ3n) is 3.52. The van der Waals surface area contributed by atoms with Crippen LogP contribution in [0.25, 0.3) is 10.2 Å². The molecule has 5 heteroatoms. The van der Waals surface area contributed by atoms with E-state index < -0.39 is 0 Å². The molecule has 0 aliphatic rings. The van der Waals surface area contributed by atoms with E-state index in [2.05, 4.69) is 70.2 Å². The standard InChI is InChI=1S/C16H16BrN3S/c1-8-5-6-13(12(17)7-8)20-15-14-9(2)10(3)21-16(14)19-11(4)18-15/h5-7H,1-4H3,(H,18,19,20). The lowest BCUT2D eigenvalue weighted by Crippen LogP contribution is -1.99. The van der Waals surface area contributed by atoms with E-state index in [-0.39, 0.29) is 0 Å². The third kappa shape index (κ3) is 2.68. The van der Waals surface area contributed by atoms with Gasteiger partial charge in [-0.15, -0.1) is 11.3 Å². The van der Waals surface area contributed by atoms with Crippen molar-refractivity contribution in [3.05, 3.63) is 44.5 Å². The molecule has 1 aromatic carbocycles. The second kappa shape index (κ2) is 5.39. The third-order valence-corrected chi connectivity index (χ3v) is 5.28. The Hall–Kier alpha value is -1.46. The zero-order valence-electron chi connectivity index (χ0n) is 12.4. The highest BCUT2D eigenvalue weighted by Crippen LogP contribution is 2.35. The van der Waals surface area contributed by atoms with E-state index in [1.54, 1.807) is 11.3 Å². The summed E-state index contributed by atoms with van der Waals surface area (Å²) in [5.74, 6) is 1.67. The second-order valence-electron chi connectivity index (χ2n) is 5.19. The van der Waals surface area contributed by atoms with E-state index in [0.717, 1.165) is 32.0 Å². The fourth-order valence-corrected chi connectivity index (χ4v) is 3.96. The summed E-state index contributed by atoms with van der Waals surface area (Å²) in [6, 6.07) is 6.25. The normalized spacial score (nSPS) is 11.1. The zero-order valence-corrected chi connectivity index (χ0v) is 14.8. The van der Waals surface area contributed by atoms with E-state index in [4.69, 9.17) is 0 Å². The molecule has 2 aromatic heterocycles. The second-order valence-corrected chi connectivity index (χ2v) is 7.25. The van der Waals surface area contributed by atoms with E-state index in [1.807, 2.05) is 6.92 Å². The van der Waals surface area contributed by atoms with Crippen molar-refractivity contribution in [1.82, 2.24) is 9.97 Å². The van der Waals surface area contributed by atoms with Crippen molar-refractivity contribution in [3.8, 4) is 0 Å². The molecule has 0 unspecified atom stereocenters. The Labute approximate surface area is 136 Å². The molecule has 1 N–H and O–H groups in total. The van der Waals surface area contributed by atoms with Crippen LogP contribution in [0, 0.1) is 27.7 Å². The number of hydrogen-bond acceptors (Lipinski definition) is 4. The Bertz CT molecular complexity index is 839. The van der Waals surface area contributed by atoms with E-state index in [0.29, 0.717) is 0 Å². The summed E-state index contributed by atoms with van der Waals surface area (Å²) in [6.45, 7) is 8.26. The number of benzene rings is 1. The minimum Gasteiger partial charge on any atom is -0.339 e. The molecule has 2 heterocycles. The van der Waals surface area contributed by atoms with Crippen LogP contribution in [0.15, 0.2) is 22.7 Å². The molecule has 0 fully saturated rings. The summed E-state index contributed by atoms with van der Waals surface area (Å²) in [5, 5.41) is 4.57. The highest BCUT2D eigenvalue weighted by atomic mass is 79.9. The van der Waals surface area contributed by atoms with Crippen molar-refractivity contribution < 1.29 is 0 Å². The molecule has 0 spiro atoms. The monoisotopic (exact) mass is 361 g/mol. The number of anilines is 2. The predicted molar refractivity (Wildman–Crippen MR) is 93.8 cm³/mol. The van der Waals surface area contributed by atoms with Crippen LogP contribution >= 0.6 is 27.3 Å². The van der Waals surface area contributed by atoms with Gasteiger partial charge >= 0.3 is 0 Å². The lowest BCUT2D eigenvalue weighted by atomic mass is 10.2. The van der Waals surface area contributed by atoms with Crippen molar-refractivity contribution >= 4 is 49.0 Å². The number of thiophene rings is 1. The van der Waals surface area contributed by atoms with Crippen LogP contribution in [0.1, 0.15) is 21.8 Å². The molecule has 3 aromatic rings. The van der Waals surface area contributed by atoms with Gasteiger partial charge in [0.15, 0.2) is 0 Å². The quantitative estimate of drug-likeness (QED) is 0.660. The molecule has 3 rings (SSSR count). The number of aromatic nitrogens is 2. The van der Waals surface area contributed by atoms with E-state index >= 15 is 0 Å². The molecule has 108 valence electrons. The van der Waals surface area contributed by atoms with Crippen LogP contribution < -0.4 is 5.32 Å². The largest absolute Gasteiger partial charge is 0.339 e. The minimum absolute atomic E-state index is 0.787. The first-order valence-electron chi connectivity index (χ1n) is 6.73. The van der Waals surface area contributed by atoms with Gasteiger partial charge in [-0.3, -0.25) is 0 Å². The summed E-state index contributed by atoms with van der Waals surface area (Å²) < 4.78 is 1.04. The number of fused-ring (bicyclic) bond motifs is 1. The summed E-state index contributed by atoms with van der Waals surface area (Å²) in [7, 11) is 0. The summed E-state index contributed by atoms with van der Waals surface area (Å²) in [5.41, 5.74) is 3.49. The molecule has 3 nitrogen and oxygen atoms in total. The number of nitrogens with one attached hydrogen (secondary N) is 1. The molecular weight excluding hydrogens is 346 g/mol. The molecule has 0 saturated heterocycles. The maximum absolute atomic E-state index is 4.60. The van der Waals surface area contributed by atoms with Crippen LogP contribution in [-0.4, -0.2) is 9.97 Å². The van der Waals surface area contributed by atoms with Crippen LogP contribution in [0.4, 0.5) is 11.5 Å². The number of aryl methyl sites for hydroxylation is 4. The summed E-state index contributed by atoms with van der Waals surface area (Å²) in [4.78, 5) is 11.5. The van der Waals surface area contributed by atoms with Crippen LogP contribution in [0.3, 0.4) is 0 Å². The van der Waals surface area contributed by atoms with Gasteiger partial charge in [0.05, 0.1) is 11.1 Å². The first-order valence-corrected chi connectivity index (χ1v) is 8.34. The van der Waals surface area contributed by atoms with Crippen molar-refractivity contribution in [1.29, 1.82) is 0 Å². The van der Waals surface area contributed by atoms with Crippen molar-refractivity contribution in [3.63, 3.8) is 0 Å². The Morgan fingerprint density at radius 3 is 2.57 bits per heavy atom. The van der Waals surface area contributed by atoms with Gasteiger partial charge in [-0.25, -0.2) is 9.97 Å². The van der Waals surface area contributed by atoms with Gasteiger partial charge in [0, 0.05) is 9.35 Å². The van der Waals surface area contributed by atoms with E-state index in [9.17, 15) is 0 Å². The van der Waals surface area contributed by atoms with Crippen molar-refractivity contribution in [2.24, 2.45) is 0 Å². The SMILES string of the molecule is Cc1ccc(Nc2nc(C)nc3sc(C)c(C)c23)c(Br)c1.